The van der Waals surface area contributed by atoms with Crippen molar-refractivity contribution in [1.29, 1.82) is 0 Å². The van der Waals surface area contributed by atoms with Gasteiger partial charge in [0.25, 0.3) is 0 Å². The van der Waals surface area contributed by atoms with Gasteiger partial charge in [-0.05, 0) is 12.3 Å². The summed E-state index contributed by atoms with van der Waals surface area (Å²) in [6.07, 6.45) is 2.98. The third kappa shape index (κ3) is 3.05. The molecule has 1 aliphatic rings. The van der Waals surface area contributed by atoms with Gasteiger partial charge in [-0.25, -0.2) is 21.6 Å². The van der Waals surface area contributed by atoms with Gasteiger partial charge in [-0.15, -0.1) is 0 Å². The molecule has 1 unspecified atom stereocenters. The maximum absolute atomic E-state index is 11.7. The second-order valence-electron chi connectivity index (χ2n) is 4.05. The third-order valence-electron chi connectivity index (χ3n) is 2.67. The maximum atomic E-state index is 11.7. The number of hydrogen-bond donors (Lipinski definition) is 2. The van der Waals surface area contributed by atoms with Crippen LogP contribution in [0.25, 0.3) is 0 Å². The first kappa shape index (κ1) is 12.5. The molecule has 1 atom stereocenters. The molecule has 0 saturated carbocycles. The Morgan fingerprint density at radius 1 is 1.53 bits per heavy atom. The Labute approximate surface area is 99.6 Å². The lowest BCUT2D eigenvalue weighted by atomic mass is 10.1. The maximum Gasteiger partial charge on any atom is 0.243 e. The Kier molecular flexibility index (Phi) is 3.23. The summed E-state index contributed by atoms with van der Waals surface area (Å²) in [5.74, 6) is 0.0631. The molecule has 0 aliphatic carbocycles. The predicted octanol–water partition coefficient (Wildman–Crippen LogP) is -0.877. The Hall–Kier alpha value is -0.930. The summed E-state index contributed by atoms with van der Waals surface area (Å²) in [6, 6.07) is 0. The number of nitrogens with one attached hydrogen (secondary N) is 2. The van der Waals surface area contributed by atoms with E-state index in [1.807, 2.05) is 0 Å². The summed E-state index contributed by atoms with van der Waals surface area (Å²) < 4.78 is 48.2. The van der Waals surface area contributed by atoms with Crippen molar-refractivity contribution in [2.75, 3.05) is 18.1 Å². The molecular formula is C8H13N3O4S2. The van der Waals surface area contributed by atoms with E-state index in [1.165, 1.54) is 12.4 Å². The molecule has 0 aromatic carbocycles. The first-order valence-electron chi connectivity index (χ1n) is 5.08. The van der Waals surface area contributed by atoms with Crippen molar-refractivity contribution in [2.24, 2.45) is 5.92 Å². The summed E-state index contributed by atoms with van der Waals surface area (Å²) in [4.78, 5) is 0.0540. The molecule has 0 radical (unpaired) electrons. The second-order valence-corrected chi connectivity index (χ2v) is 8.05. The summed E-state index contributed by atoms with van der Waals surface area (Å²) in [6.45, 7) is 0.146. The van der Waals surface area contributed by atoms with Crippen LogP contribution in [0.5, 0.6) is 0 Å². The minimum Gasteiger partial charge on any atom is -0.284 e. The first-order chi connectivity index (χ1) is 7.89. The van der Waals surface area contributed by atoms with Gasteiger partial charge >= 0.3 is 0 Å². The molecular weight excluding hydrogens is 266 g/mol. The zero-order chi connectivity index (χ0) is 12.5. The molecule has 2 rings (SSSR count). The van der Waals surface area contributed by atoms with E-state index in [4.69, 9.17) is 0 Å². The van der Waals surface area contributed by atoms with Gasteiger partial charge < -0.3 is 0 Å². The van der Waals surface area contributed by atoms with Gasteiger partial charge in [0.1, 0.15) is 4.90 Å². The van der Waals surface area contributed by atoms with Crippen LogP contribution in [-0.2, 0) is 19.9 Å². The fraction of sp³-hybridized carbons (Fsp3) is 0.625. The molecule has 0 bridgehead atoms. The molecule has 1 aromatic heterocycles. The van der Waals surface area contributed by atoms with Crippen molar-refractivity contribution in [2.45, 2.75) is 11.3 Å². The lowest BCUT2D eigenvalue weighted by Gasteiger charge is -2.08. The molecule has 2 heterocycles. The van der Waals surface area contributed by atoms with E-state index in [0.717, 1.165) is 0 Å². The SMILES string of the molecule is O=S1(=O)CCC(CNS(=O)(=O)c2cn[nH]c2)C1. The number of sulfone groups is 1. The lowest BCUT2D eigenvalue weighted by Crippen LogP contribution is -2.29. The van der Waals surface area contributed by atoms with Crippen LogP contribution in [0.1, 0.15) is 6.42 Å². The Morgan fingerprint density at radius 2 is 2.29 bits per heavy atom. The fourth-order valence-corrected chi connectivity index (χ4v) is 4.61. The highest BCUT2D eigenvalue weighted by Crippen LogP contribution is 2.18. The normalized spacial score (nSPS) is 23.9. The van der Waals surface area contributed by atoms with Gasteiger partial charge in [0.05, 0.1) is 17.7 Å². The monoisotopic (exact) mass is 279 g/mol. The van der Waals surface area contributed by atoms with Crippen molar-refractivity contribution >= 4 is 19.9 Å². The van der Waals surface area contributed by atoms with Gasteiger partial charge in [0.2, 0.25) is 10.0 Å². The number of hydrogen-bond acceptors (Lipinski definition) is 5. The van der Waals surface area contributed by atoms with Crippen molar-refractivity contribution in [3.8, 4) is 0 Å². The minimum atomic E-state index is -3.58. The van der Waals surface area contributed by atoms with Crippen LogP contribution in [0.15, 0.2) is 17.3 Å². The summed E-state index contributed by atoms with van der Waals surface area (Å²) >= 11 is 0. The van der Waals surface area contributed by atoms with E-state index in [2.05, 4.69) is 14.9 Å². The van der Waals surface area contributed by atoms with Gasteiger partial charge in [-0.2, -0.15) is 5.10 Å². The number of sulfonamides is 1. The van der Waals surface area contributed by atoms with E-state index >= 15 is 0 Å². The lowest BCUT2D eigenvalue weighted by molar-refractivity contribution is 0.543. The molecule has 1 saturated heterocycles. The number of rotatable bonds is 4. The smallest absolute Gasteiger partial charge is 0.243 e. The molecule has 96 valence electrons. The number of aromatic nitrogens is 2. The van der Waals surface area contributed by atoms with Crippen molar-refractivity contribution in [3.63, 3.8) is 0 Å². The molecule has 1 aromatic rings. The standard InChI is InChI=1S/C8H13N3O4S2/c12-16(13)2-1-7(6-16)3-11-17(14,15)8-4-9-10-5-8/h4-5,7,11H,1-3,6H2,(H,9,10). The van der Waals surface area contributed by atoms with E-state index in [-0.39, 0.29) is 28.9 Å². The van der Waals surface area contributed by atoms with Crippen LogP contribution in [0.4, 0.5) is 0 Å². The molecule has 1 fully saturated rings. The Morgan fingerprint density at radius 3 is 2.82 bits per heavy atom. The van der Waals surface area contributed by atoms with Gasteiger partial charge in [0.15, 0.2) is 9.84 Å². The molecule has 2 N–H and O–H groups in total. The molecule has 9 heteroatoms. The molecule has 7 nitrogen and oxygen atoms in total. The zero-order valence-electron chi connectivity index (χ0n) is 8.96. The molecule has 0 spiro atoms. The van der Waals surface area contributed by atoms with E-state index in [9.17, 15) is 16.8 Å². The number of aromatic amines is 1. The predicted molar refractivity (Wildman–Crippen MR) is 60.5 cm³/mol. The van der Waals surface area contributed by atoms with E-state index in [1.54, 1.807) is 0 Å². The topological polar surface area (TPSA) is 109 Å². The first-order valence-corrected chi connectivity index (χ1v) is 8.38. The third-order valence-corrected chi connectivity index (χ3v) is 5.90. The van der Waals surface area contributed by atoms with Crippen LogP contribution >= 0.6 is 0 Å². The van der Waals surface area contributed by atoms with Crippen LogP contribution in [0.2, 0.25) is 0 Å². The fourth-order valence-electron chi connectivity index (χ4n) is 1.73. The average molecular weight is 279 g/mol. The molecule has 0 amide bonds. The second kappa shape index (κ2) is 4.39. The van der Waals surface area contributed by atoms with Crippen LogP contribution < -0.4 is 4.72 Å². The van der Waals surface area contributed by atoms with Crippen molar-refractivity contribution in [3.05, 3.63) is 12.4 Å². The summed E-state index contributed by atoms with van der Waals surface area (Å²) in [5.41, 5.74) is 0. The Bertz CT molecular complexity index is 576. The number of nitrogens with zero attached hydrogens (tertiary/aromatic N) is 1. The van der Waals surface area contributed by atoms with Crippen LogP contribution in [-0.4, -0.2) is 45.1 Å². The molecule has 17 heavy (non-hydrogen) atoms. The van der Waals surface area contributed by atoms with E-state index in [0.29, 0.717) is 6.42 Å². The van der Waals surface area contributed by atoms with Gasteiger partial charge in [-0.1, -0.05) is 0 Å². The highest BCUT2D eigenvalue weighted by atomic mass is 32.2. The van der Waals surface area contributed by atoms with Crippen LogP contribution in [0.3, 0.4) is 0 Å². The average Bonchev–Trinajstić information content (AvgIpc) is 2.84. The summed E-state index contributed by atoms with van der Waals surface area (Å²) in [5, 5.41) is 5.96. The minimum absolute atomic E-state index is 0.0540. The quantitative estimate of drug-likeness (QED) is 0.744. The largest absolute Gasteiger partial charge is 0.284 e. The van der Waals surface area contributed by atoms with Crippen molar-refractivity contribution < 1.29 is 16.8 Å². The van der Waals surface area contributed by atoms with Gasteiger partial charge in [0, 0.05) is 12.7 Å². The zero-order valence-corrected chi connectivity index (χ0v) is 10.6. The summed E-state index contributed by atoms with van der Waals surface area (Å²) in [7, 11) is -6.55. The van der Waals surface area contributed by atoms with Gasteiger partial charge in [-0.3, -0.25) is 5.10 Å². The van der Waals surface area contributed by atoms with E-state index < -0.39 is 19.9 Å². The highest BCUT2D eigenvalue weighted by molar-refractivity contribution is 7.91. The Balaban J connectivity index is 1.96. The molecule has 1 aliphatic heterocycles. The highest BCUT2D eigenvalue weighted by Gasteiger charge is 2.29. The number of H-pyrrole nitrogens is 1. The van der Waals surface area contributed by atoms with Crippen molar-refractivity contribution in [1.82, 2.24) is 14.9 Å². The van der Waals surface area contributed by atoms with Crippen LogP contribution in [0, 0.1) is 5.92 Å².